The van der Waals surface area contributed by atoms with E-state index in [-0.39, 0.29) is 0 Å². The molecule has 2 aromatic carbocycles. The van der Waals surface area contributed by atoms with Gasteiger partial charge in [-0.05, 0) is 43.5 Å². The fourth-order valence-electron chi connectivity index (χ4n) is 2.58. The number of hydrogen-bond donors (Lipinski definition) is 2. The summed E-state index contributed by atoms with van der Waals surface area (Å²) in [6.07, 6.45) is 2.56. The molecule has 24 heavy (non-hydrogen) atoms. The molecule has 0 saturated heterocycles. The predicted octanol–water partition coefficient (Wildman–Crippen LogP) is 4.54. The van der Waals surface area contributed by atoms with Gasteiger partial charge in [-0.2, -0.15) is 10.1 Å². The van der Waals surface area contributed by atoms with E-state index in [1.165, 1.54) is 16.7 Å². The average Bonchev–Trinajstić information content (AvgIpc) is 2.58. The van der Waals surface area contributed by atoms with Crippen molar-refractivity contribution < 1.29 is 0 Å². The number of hydrogen-bond acceptors (Lipinski definition) is 5. The summed E-state index contributed by atoms with van der Waals surface area (Å²) in [5, 5.41) is 14.7. The van der Waals surface area contributed by atoms with Crippen LogP contribution in [0.3, 0.4) is 0 Å². The molecule has 3 aromatic rings. The van der Waals surface area contributed by atoms with Gasteiger partial charge in [-0.1, -0.05) is 42.8 Å². The summed E-state index contributed by atoms with van der Waals surface area (Å²) in [4.78, 5) is 4.51. The van der Waals surface area contributed by atoms with Crippen LogP contribution in [0.5, 0.6) is 0 Å². The van der Waals surface area contributed by atoms with E-state index >= 15 is 0 Å². The molecule has 0 fully saturated rings. The summed E-state index contributed by atoms with van der Waals surface area (Å²) in [6.45, 7) is 6.27. The highest BCUT2D eigenvalue weighted by Crippen LogP contribution is 2.22. The van der Waals surface area contributed by atoms with Crippen LogP contribution in [-0.2, 0) is 6.42 Å². The highest BCUT2D eigenvalue weighted by Gasteiger charge is 2.06. The lowest BCUT2D eigenvalue weighted by Crippen LogP contribution is -2.04. The third kappa shape index (κ3) is 3.68. The van der Waals surface area contributed by atoms with E-state index in [1.54, 1.807) is 6.20 Å². The van der Waals surface area contributed by atoms with Crippen molar-refractivity contribution in [2.24, 2.45) is 0 Å². The molecule has 0 unspecified atom stereocenters. The van der Waals surface area contributed by atoms with Crippen molar-refractivity contribution in [2.45, 2.75) is 27.2 Å². The number of aryl methyl sites for hydroxylation is 3. The van der Waals surface area contributed by atoms with Crippen LogP contribution in [0.4, 0.5) is 23.1 Å². The van der Waals surface area contributed by atoms with Crippen molar-refractivity contribution in [3.63, 3.8) is 0 Å². The number of anilines is 4. The van der Waals surface area contributed by atoms with Gasteiger partial charge in [-0.15, -0.1) is 5.10 Å². The van der Waals surface area contributed by atoms with Gasteiger partial charge in [0.2, 0.25) is 5.95 Å². The Labute approximate surface area is 142 Å². The number of nitrogens with one attached hydrogen (secondary N) is 2. The fourth-order valence-corrected chi connectivity index (χ4v) is 2.58. The van der Waals surface area contributed by atoms with Gasteiger partial charge in [-0.3, -0.25) is 0 Å². The maximum Gasteiger partial charge on any atom is 0.249 e. The van der Waals surface area contributed by atoms with E-state index in [4.69, 9.17) is 0 Å². The molecular formula is C19H21N5. The molecule has 0 spiro atoms. The van der Waals surface area contributed by atoms with Crippen molar-refractivity contribution >= 4 is 23.1 Å². The molecule has 1 heterocycles. The third-order valence-corrected chi connectivity index (χ3v) is 3.85. The van der Waals surface area contributed by atoms with Crippen molar-refractivity contribution in [3.8, 4) is 0 Å². The first-order chi connectivity index (χ1) is 11.7. The summed E-state index contributed by atoms with van der Waals surface area (Å²) in [5.41, 5.74) is 5.64. The van der Waals surface area contributed by atoms with Gasteiger partial charge >= 0.3 is 0 Å². The van der Waals surface area contributed by atoms with E-state index < -0.39 is 0 Å². The maximum absolute atomic E-state index is 4.51. The second-order valence-corrected chi connectivity index (χ2v) is 5.74. The second kappa shape index (κ2) is 7.08. The number of aromatic nitrogens is 3. The van der Waals surface area contributed by atoms with Crippen LogP contribution < -0.4 is 10.6 Å². The molecule has 0 radical (unpaired) electrons. The molecule has 5 nitrogen and oxygen atoms in total. The molecule has 0 aliphatic heterocycles. The first-order valence-corrected chi connectivity index (χ1v) is 8.04. The zero-order valence-electron chi connectivity index (χ0n) is 14.2. The van der Waals surface area contributed by atoms with E-state index in [2.05, 4.69) is 64.8 Å². The lowest BCUT2D eigenvalue weighted by Gasteiger charge is -2.11. The minimum absolute atomic E-state index is 0.477. The smallest absolute Gasteiger partial charge is 0.249 e. The summed E-state index contributed by atoms with van der Waals surface area (Å²) in [7, 11) is 0. The Hall–Kier alpha value is -2.95. The zero-order chi connectivity index (χ0) is 16.9. The Morgan fingerprint density at radius 3 is 2.58 bits per heavy atom. The molecule has 0 amide bonds. The quantitative estimate of drug-likeness (QED) is 0.723. The Kier molecular flexibility index (Phi) is 4.70. The lowest BCUT2D eigenvalue weighted by molar-refractivity contribution is 0.980. The van der Waals surface area contributed by atoms with Crippen molar-refractivity contribution in [1.82, 2.24) is 15.2 Å². The molecule has 0 aliphatic carbocycles. The summed E-state index contributed by atoms with van der Waals surface area (Å²) in [5.74, 6) is 1.14. The highest BCUT2D eigenvalue weighted by molar-refractivity contribution is 5.63. The van der Waals surface area contributed by atoms with Gasteiger partial charge in [0.25, 0.3) is 0 Å². The predicted molar refractivity (Wildman–Crippen MR) is 98.1 cm³/mol. The Morgan fingerprint density at radius 1 is 0.958 bits per heavy atom. The zero-order valence-corrected chi connectivity index (χ0v) is 14.2. The largest absolute Gasteiger partial charge is 0.339 e. The van der Waals surface area contributed by atoms with Crippen molar-refractivity contribution in [3.05, 3.63) is 65.4 Å². The normalized spacial score (nSPS) is 10.5. The van der Waals surface area contributed by atoms with Gasteiger partial charge < -0.3 is 10.6 Å². The van der Waals surface area contributed by atoms with E-state index in [0.717, 1.165) is 17.8 Å². The number of nitrogens with zero attached hydrogens (tertiary/aromatic N) is 3. The van der Waals surface area contributed by atoms with Crippen molar-refractivity contribution in [1.29, 1.82) is 0 Å². The van der Waals surface area contributed by atoms with Gasteiger partial charge in [0.15, 0.2) is 5.82 Å². The molecule has 2 N–H and O–H groups in total. The monoisotopic (exact) mass is 319 g/mol. The standard InChI is InChI=1S/C19H21N5/c1-4-15-7-5-6-8-17(15)22-19-23-18(12-20-24-19)21-16-10-9-13(2)11-14(16)3/h5-12H,4H2,1-3H3,(H2,21,22,23,24). The van der Waals surface area contributed by atoms with Gasteiger partial charge in [0, 0.05) is 11.4 Å². The SMILES string of the molecule is CCc1ccccc1Nc1nncc(Nc2ccc(C)cc2C)n1. The van der Waals surface area contributed by atoms with E-state index in [9.17, 15) is 0 Å². The van der Waals surface area contributed by atoms with Crippen LogP contribution in [0, 0.1) is 13.8 Å². The van der Waals surface area contributed by atoms with E-state index in [1.807, 2.05) is 24.3 Å². The van der Waals surface area contributed by atoms with Gasteiger partial charge in [0.1, 0.15) is 0 Å². The van der Waals surface area contributed by atoms with Crippen LogP contribution in [0.25, 0.3) is 0 Å². The molecule has 0 aliphatic rings. The topological polar surface area (TPSA) is 62.7 Å². The van der Waals surface area contributed by atoms with Crippen LogP contribution in [0.2, 0.25) is 0 Å². The molecule has 0 atom stereocenters. The molecule has 122 valence electrons. The molecule has 0 saturated carbocycles. The molecule has 5 heteroatoms. The number of rotatable bonds is 5. The fraction of sp³-hybridized carbons (Fsp3) is 0.211. The first-order valence-electron chi connectivity index (χ1n) is 8.04. The molecular weight excluding hydrogens is 298 g/mol. The first kappa shape index (κ1) is 15.9. The Morgan fingerprint density at radius 2 is 1.79 bits per heavy atom. The Bertz CT molecular complexity index is 845. The summed E-state index contributed by atoms with van der Waals surface area (Å²) in [6, 6.07) is 14.4. The third-order valence-electron chi connectivity index (χ3n) is 3.85. The van der Waals surface area contributed by atoms with Crippen LogP contribution in [-0.4, -0.2) is 15.2 Å². The lowest BCUT2D eigenvalue weighted by atomic mass is 10.1. The van der Waals surface area contributed by atoms with E-state index in [0.29, 0.717) is 11.8 Å². The number of benzene rings is 2. The number of para-hydroxylation sites is 1. The summed E-state index contributed by atoms with van der Waals surface area (Å²) < 4.78 is 0. The van der Waals surface area contributed by atoms with Crippen LogP contribution in [0.15, 0.2) is 48.7 Å². The molecule has 3 rings (SSSR count). The van der Waals surface area contributed by atoms with Gasteiger partial charge in [-0.25, -0.2) is 0 Å². The van der Waals surface area contributed by atoms with Crippen LogP contribution >= 0.6 is 0 Å². The Balaban J connectivity index is 1.81. The second-order valence-electron chi connectivity index (χ2n) is 5.74. The average molecular weight is 319 g/mol. The van der Waals surface area contributed by atoms with Gasteiger partial charge in [0.05, 0.1) is 6.20 Å². The minimum Gasteiger partial charge on any atom is -0.339 e. The molecule has 0 bridgehead atoms. The minimum atomic E-state index is 0.477. The maximum atomic E-state index is 4.51. The van der Waals surface area contributed by atoms with Crippen LogP contribution in [0.1, 0.15) is 23.6 Å². The highest BCUT2D eigenvalue weighted by atomic mass is 15.3. The van der Waals surface area contributed by atoms with Crippen molar-refractivity contribution in [2.75, 3.05) is 10.6 Å². The summed E-state index contributed by atoms with van der Waals surface area (Å²) >= 11 is 0. The molecule has 1 aromatic heterocycles.